The van der Waals surface area contributed by atoms with E-state index in [4.69, 9.17) is 5.26 Å². The largest absolute Gasteiger partial charge is 0.386 e. The van der Waals surface area contributed by atoms with E-state index in [9.17, 15) is 13.2 Å². The molecule has 0 amide bonds. The zero-order valence-electron chi connectivity index (χ0n) is 6.77. The molecule has 0 aromatic carbocycles. The summed E-state index contributed by atoms with van der Waals surface area (Å²) in [5, 5.41) is 8.25. The molecule has 0 N–H and O–H groups in total. The summed E-state index contributed by atoms with van der Waals surface area (Å²) in [6.07, 6.45) is -2.72. The van der Waals surface area contributed by atoms with Gasteiger partial charge < -0.3 is 4.98 Å². The van der Waals surface area contributed by atoms with Crippen molar-refractivity contribution < 1.29 is 30.2 Å². The van der Waals surface area contributed by atoms with E-state index in [0.717, 1.165) is 0 Å². The number of nitriles is 1. The van der Waals surface area contributed by atoms with Gasteiger partial charge in [0.25, 0.3) is 0 Å². The minimum Gasteiger partial charge on any atom is -0.382 e. The third-order valence-electron chi connectivity index (χ3n) is 1.38. The van der Waals surface area contributed by atoms with Crippen LogP contribution in [-0.2, 0) is 29.7 Å². The van der Waals surface area contributed by atoms with Crippen LogP contribution in [0.3, 0.4) is 0 Å². The average molecular weight is 240 g/mol. The van der Waals surface area contributed by atoms with Gasteiger partial charge in [-0.05, 0) is 0 Å². The van der Waals surface area contributed by atoms with Gasteiger partial charge in [0.05, 0.1) is 6.07 Å². The third-order valence-corrected chi connectivity index (χ3v) is 1.38. The van der Waals surface area contributed by atoms with Crippen LogP contribution >= 0.6 is 0 Å². The molecule has 0 aliphatic heterocycles. The molecule has 0 aliphatic rings. The summed E-state index contributed by atoms with van der Waals surface area (Å²) in [5.41, 5.74) is -1.15. The van der Waals surface area contributed by atoms with E-state index in [2.05, 4.69) is 11.2 Å². The van der Waals surface area contributed by atoms with Crippen LogP contribution in [0.25, 0.3) is 0 Å². The van der Waals surface area contributed by atoms with Gasteiger partial charge in [-0.1, -0.05) is 6.20 Å². The molecule has 0 saturated carbocycles. The number of hydrogen-bond acceptors (Lipinski definition) is 2. The van der Waals surface area contributed by atoms with Gasteiger partial charge in [-0.15, -0.1) is 5.56 Å². The fourth-order valence-electron chi connectivity index (χ4n) is 0.864. The second kappa shape index (κ2) is 4.99. The van der Waals surface area contributed by atoms with Crippen LogP contribution in [0, 0.1) is 17.5 Å². The molecule has 2 nitrogen and oxygen atoms in total. The van der Waals surface area contributed by atoms with Crippen molar-refractivity contribution >= 4 is 0 Å². The molecule has 0 saturated heterocycles. The summed E-state index contributed by atoms with van der Waals surface area (Å²) in [7, 11) is 0. The number of hydrogen-bond donors (Lipinski definition) is 0. The van der Waals surface area contributed by atoms with Crippen LogP contribution < -0.4 is 0 Å². The van der Waals surface area contributed by atoms with Crippen LogP contribution in [0.5, 0.6) is 0 Å². The first-order chi connectivity index (χ1) is 6.05. The Morgan fingerprint density at radius 3 is 2.64 bits per heavy atom. The fraction of sp³-hybridized carbons (Fsp3) is 0.250. The van der Waals surface area contributed by atoms with Crippen LogP contribution in [0.1, 0.15) is 11.3 Å². The Bertz CT molecular complexity index is 343. The van der Waals surface area contributed by atoms with Gasteiger partial charge in [-0.25, -0.2) is 0 Å². The Balaban J connectivity index is 0.00000169. The van der Waals surface area contributed by atoms with Gasteiger partial charge in [0.15, 0.2) is 0 Å². The molecule has 0 atom stereocenters. The molecule has 6 heteroatoms. The van der Waals surface area contributed by atoms with Crippen molar-refractivity contribution in [3.8, 4) is 6.07 Å². The third kappa shape index (κ3) is 3.02. The summed E-state index contributed by atoms with van der Waals surface area (Å²) in [6.45, 7) is 0. The van der Waals surface area contributed by atoms with Gasteiger partial charge in [-0.2, -0.15) is 30.6 Å². The number of halogens is 3. The van der Waals surface area contributed by atoms with Crippen molar-refractivity contribution in [3.05, 3.63) is 29.6 Å². The Morgan fingerprint density at radius 1 is 1.50 bits per heavy atom. The summed E-state index contributed by atoms with van der Waals surface area (Å²) < 4.78 is 36.5. The van der Waals surface area contributed by atoms with Gasteiger partial charge in [-0.3, -0.25) is 0 Å². The zero-order valence-corrected chi connectivity index (χ0v) is 7.95. The molecule has 0 fully saturated rings. The van der Waals surface area contributed by atoms with Crippen molar-refractivity contribution in [1.82, 2.24) is 4.98 Å². The average Bonchev–Trinajstić information content (AvgIpc) is 2.04. The van der Waals surface area contributed by atoms with Crippen LogP contribution in [-0.4, -0.2) is 4.98 Å². The smallest absolute Gasteiger partial charge is 0.382 e. The number of nitrogens with zero attached hydrogens (tertiary/aromatic N) is 2. The Hall–Kier alpha value is -1.05. The van der Waals surface area contributed by atoms with E-state index in [1.54, 1.807) is 6.07 Å². The van der Waals surface area contributed by atoms with Crippen LogP contribution in [0.15, 0.2) is 12.1 Å². The van der Waals surface area contributed by atoms with E-state index < -0.39 is 11.9 Å². The topological polar surface area (TPSA) is 36.7 Å². The molecule has 1 heterocycles. The molecule has 1 radical (unpaired) electrons. The van der Waals surface area contributed by atoms with E-state index in [1.807, 2.05) is 0 Å². The van der Waals surface area contributed by atoms with E-state index >= 15 is 0 Å². The molecule has 1 aromatic heterocycles. The first-order valence-electron chi connectivity index (χ1n) is 3.36. The predicted molar refractivity (Wildman–Crippen MR) is 37.4 cm³/mol. The summed E-state index contributed by atoms with van der Waals surface area (Å²) in [6, 6.07) is 4.09. The first-order valence-corrected chi connectivity index (χ1v) is 3.36. The number of aromatic nitrogens is 1. The molecule has 0 spiro atoms. The number of alkyl halides is 3. The monoisotopic (exact) mass is 240 g/mol. The van der Waals surface area contributed by atoms with Gasteiger partial charge in [0, 0.05) is 29.2 Å². The van der Waals surface area contributed by atoms with Crippen molar-refractivity contribution in [3.63, 3.8) is 0 Å². The molecular formula is C8H4F3MnN2-. The van der Waals surface area contributed by atoms with E-state index in [0.29, 0.717) is 0 Å². The molecular weight excluding hydrogens is 236 g/mol. The summed E-state index contributed by atoms with van der Waals surface area (Å²) in [4.78, 5) is 3.07. The van der Waals surface area contributed by atoms with E-state index in [-0.39, 0.29) is 29.1 Å². The molecule has 14 heavy (non-hydrogen) atoms. The molecule has 0 unspecified atom stereocenters. The summed E-state index contributed by atoms with van der Waals surface area (Å²) in [5.74, 6) is 0. The van der Waals surface area contributed by atoms with Gasteiger partial charge >= 0.3 is 6.18 Å². The van der Waals surface area contributed by atoms with Gasteiger partial charge in [0.2, 0.25) is 0 Å². The second-order valence-electron chi connectivity index (χ2n) is 2.28. The Labute approximate surface area is 89.2 Å². The first kappa shape index (κ1) is 12.9. The standard InChI is InChI=1S/C8H4F3N2.Mn/c9-8(10,11)7-6(3-4-12)2-1-5-13-7;/h1-2H,3H2;/q-1;. The Kier molecular flexibility index (Phi) is 4.61. The number of pyridine rings is 1. The molecule has 1 aromatic rings. The van der Waals surface area contributed by atoms with E-state index in [1.165, 1.54) is 12.1 Å². The SMILES string of the molecule is N#CCc1cc[c-]nc1C(F)(F)F.[Mn]. The molecule has 0 aliphatic carbocycles. The van der Waals surface area contributed by atoms with Crippen molar-refractivity contribution in [1.29, 1.82) is 5.26 Å². The minimum atomic E-state index is -4.51. The molecule has 75 valence electrons. The number of rotatable bonds is 1. The maximum Gasteiger partial charge on any atom is 0.386 e. The van der Waals surface area contributed by atoms with Crippen LogP contribution in [0.2, 0.25) is 0 Å². The second-order valence-corrected chi connectivity index (χ2v) is 2.28. The van der Waals surface area contributed by atoms with Crippen molar-refractivity contribution in [2.45, 2.75) is 12.6 Å². The maximum absolute atomic E-state index is 12.2. The summed E-state index contributed by atoms with van der Waals surface area (Å²) >= 11 is 0. The molecule has 0 bridgehead atoms. The molecule has 1 rings (SSSR count). The van der Waals surface area contributed by atoms with Gasteiger partial charge in [0.1, 0.15) is 0 Å². The van der Waals surface area contributed by atoms with Crippen molar-refractivity contribution in [2.24, 2.45) is 0 Å². The van der Waals surface area contributed by atoms with Crippen molar-refractivity contribution in [2.75, 3.05) is 0 Å². The maximum atomic E-state index is 12.2. The normalized spacial score (nSPS) is 10.1. The quantitative estimate of drug-likeness (QED) is 0.555. The minimum absolute atomic E-state index is 0. The fourth-order valence-corrected chi connectivity index (χ4v) is 0.864. The predicted octanol–water partition coefficient (Wildman–Crippen LogP) is 1.96. The zero-order chi connectivity index (χ0) is 9.90. The Morgan fingerprint density at radius 2 is 2.14 bits per heavy atom. The van der Waals surface area contributed by atoms with Crippen LogP contribution in [0.4, 0.5) is 13.2 Å².